The van der Waals surface area contributed by atoms with Crippen molar-refractivity contribution in [2.75, 3.05) is 19.4 Å². The lowest BCUT2D eigenvalue weighted by atomic mass is 10.2. The zero-order valence-corrected chi connectivity index (χ0v) is 13.2. The predicted octanol–water partition coefficient (Wildman–Crippen LogP) is 3.82. The van der Waals surface area contributed by atoms with Gasteiger partial charge in [0.15, 0.2) is 0 Å². The van der Waals surface area contributed by atoms with Crippen LogP contribution < -0.4 is 5.32 Å². The van der Waals surface area contributed by atoms with Gasteiger partial charge in [-0.2, -0.15) is 0 Å². The number of carbonyl (C=O) groups is 1. The van der Waals surface area contributed by atoms with Crippen LogP contribution in [-0.2, 0) is 6.54 Å². The van der Waals surface area contributed by atoms with Crippen LogP contribution in [0.3, 0.4) is 0 Å². The number of halogens is 1. The van der Waals surface area contributed by atoms with Gasteiger partial charge in [-0.3, -0.25) is 4.79 Å². The van der Waals surface area contributed by atoms with Crippen molar-refractivity contribution in [2.45, 2.75) is 6.54 Å². The van der Waals surface area contributed by atoms with Crippen molar-refractivity contribution in [1.82, 2.24) is 4.90 Å². The number of benzene rings is 1. The van der Waals surface area contributed by atoms with Crippen molar-refractivity contribution in [1.29, 1.82) is 0 Å². The molecule has 0 saturated heterocycles. The minimum Gasteiger partial charge on any atom is -0.321 e. The smallest absolute Gasteiger partial charge is 0.266 e. The summed E-state index contributed by atoms with van der Waals surface area (Å²) in [6.45, 7) is 0.854. The second kappa shape index (κ2) is 6.32. The van der Waals surface area contributed by atoms with Crippen LogP contribution in [0.5, 0.6) is 0 Å². The Kier molecular flexibility index (Phi) is 4.74. The first-order chi connectivity index (χ1) is 9.06. The number of amides is 1. The van der Waals surface area contributed by atoms with E-state index < -0.39 is 0 Å². The molecule has 100 valence electrons. The molecule has 2 rings (SSSR count). The lowest BCUT2D eigenvalue weighted by Crippen LogP contribution is -2.13. The average Bonchev–Trinajstić information content (AvgIpc) is 2.75. The number of nitrogens with zero attached hydrogens (tertiary/aromatic N) is 1. The molecule has 0 unspecified atom stereocenters. The van der Waals surface area contributed by atoms with Gasteiger partial charge in [-0.15, -0.1) is 11.3 Å². The highest BCUT2D eigenvalue weighted by atomic mass is 79.9. The molecule has 1 aromatic heterocycles. The number of nitrogens with one attached hydrogen (secondary N) is 1. The zero-order chi connectivity index (χ0) is 13.8. The molecule has 0 bridgehead atoms. The number of carbonyl (C=O) groups excluding carboxylic acids is 1. The normalized spacial score (nSPS) is 10.7. The first-order valence-corrected chi connectivity index (χ1v) is 7.51. The Morgan fingerprint density at radius 1 is 1.37 bits per heavy atom. The summed E-state index contributed by atoms with van der Waals surface area (Å²) < 4.78 is 0.833. The van der Waals surface area contributed by atoms with Gasteiger partial charge in [0, 0.05) is 16.7 Å². The maximum absolute atomic E-state index is 12.1. The first-order valence-electron chi connectivity index (χ1n) is 5.84. The Morgan fingerprint density at radius 3 is 2.79 bits per heavy atom. The van der Waals surface area contributed by atoms with E-state index in [2.05, 4.69) is 32.2 Å². The molecular weight excluding hydrogens is 324 g/mol. The molecule has 1 aromatic carbocycles. The van der Waals surface area contributed by atoms with Gasteiger partial charge < -0.3 is 10.2 Å². The van der Waals surface area contributed by atoms with Gasteiger partial charge in [0.2, 0.25) is 0 Å². The molecule has 0 spiro atoms. The van der Waals surface area contributed by atoms with Crippen LogP contribution >= 0.6 is 27.3 Å². The predicted molar refractivity (Wildman–Crippen MR) is 83.8 cm³/mol. The highest BCUT2D eigenvalue weighted by Gasteiger charge is 2.11. The van der Waals surface area contributed by atoms with Crippen molar-refractivity contribution in [3.05, 3.63) is 50.6 Å². The number of thiophene rings is 1. The van der Waals surface area contributed by atoms with Gasteiger partial charge in [0.1, 0.15) is 4.88 Å². The summed E-state index contributed by atoms with van der Waals surface area (Å²) in [5, 5.41) is 4.81. The van der Waals surface area contributed by atoms with Crippen LogP contribution in [0.4, 0.5) is 5.69 Å². The molecule has 0 aliphatic heterocycles. The third-order valence-corrected chi connectivity index (χ3v) is 4.34. The summed E-state index contributed by atoms with van der Waals surface area (Å²) in [6, 6.07) is 9.79. The minimum absolute atomic E-state index is 0.0797. The van der Waals surface area contributed by atoms with Crippen LogP contribution in [0.1, 0.15) is 15.2 Å². The van der Waals surface area contributed by atoms with Crippen molar-refractivity contribution >= 4 is 38.9 Å². The molecule has 0 aliphatic carbocycles. The highest BCUT2D eigenvalue weighted by molar-refractivity contribution is 9.10. The third kappa shape index (κ3) is 3.89. The number of hydrogen-bond acceptors (Lipinski definition) is 3. The summed E-state index contributed by atoms with van der Waals surface area (Å²) >= 11 is 4.79. The number of hydrogen-bond donors (Lipinski definition) is 1. The second-order valence-electron chi connectivity index (χ2n) is 4.49. The molecule has 2 aromatic rings. The second-order valence-corrected chi connectivity index (χ2v) is 6.26. The fourth-order valence-corrected chi connectivity index (χ4v) is 3.20. The van der Waals surface area contributed by atoms with Crippen LogP contribution in [0.2, 0.25) is 0 Å². The Bertz CT molecular complexity index is 580. The van der Waals surface area contributed by atoms with Crippen LogP contribution in [0.25, 0.3) is 0 Å². The lowest BCUT2D eigenvalue weighted by molar-refractivity contribution is 0.103. The first kappa shape index (κ1) is 14.2. The van der Waals surface area contributed by atoms with Gasteiger partial charge in [-0.05, 0) is 59.2 Å². The van der Waals surface area contributed by atoms with E-state index in [0.29, 0.717) is 4.88 Å². The number of anilines is 1. The molecule has 0 atom stereocenters. The molecule has 1 N–H and O–H groups in total. The van der Waals surface area contributed by atoms with Gasteiger partial charge >= 0.3 is 0 Å². The zero-order valence-electron chi connectivity index (χ0n) is 10.8. The molecule has 19 heavy (non-hydrogen) atoms. The molecule has 1 amide bonds. The van der Waals surface area contributed by atoms with E-state index in [1.165, 1.54) is 16.9 Å². The van der Waals surface area contributed by atoms with E-state index in [9.17, 15) is 4.79 Å². The minimum atomic E-state index is -0.0797. The van der Waals surface area contributed by atoms with E-state index in [0.717, 1.165) is 16.7 Å². The van der Waals surface area contributed by atoms with Crippen LogP contribution in [0, 0.1) is 0 Å². The standard InChI is InChI=1S/C14H15BrN2OS/c1-17(2)9-10-4-3-5-11(8-10)16-14(18)13-12(15)6-7-19-13/h3-8H,9H2,1-2H3,(H,16,18). The van der Waals surface area contributed by atoms with Crippen LogP contribution in [0.15, 0.2) is 40.2 Å². The van der Waals surface area contributed by atoms with Crippen LogP contribution in [-0.4, -0.2) is 24.9 Å². The topological polar surface area (TPSA) is 32.3 Å². The third-order valence-electron chi connectivity index (χ3n) is 2.51. The molecular formula is C14H15BrN2OS. The van der Waals surface area contributed by atoms with Crippen molar-refractivity contribution in [3.63, 3.8) is 0 Å². The van der Waals surface area contributed by atoms with Crippen molar-refractivity contribution < 1.29 is 4.79 Å². The Balaban J connectivity index is 2.11. The van der Waals surface area contributed by atoms with Gasteiger partial charge in [-0.25, -0.2) is 0 Å². The maximum Gasteiger partial charge on any atom is 0.266 e. The lowest BCUT2D eigenvalue weighted by Gasteiger charge is -2.11. The Labute approximate surface area is 125 Å². The van der Waals surface area contributed by atoms with Crippen molar-refractivity contribution in [2.24, 2.45) is 0 Å². The molecule has 0 fully saturated rings. The summed E-state index contributed by atoms with van der Waals surface area (Å²) in [4.78, 5) is 14.9. The molecule has 0 aliphatic rings. The number of rotatable bonds is 4. The van der Waals surface area contributed by atoms with E-state index >= 15 is 0 Å². The Morgan fingerprint density at radius 2 is 2.16 bits per heavy atom. The monoisotopic (exact) mass is 338 g/mol. The quantitative estimate of drug-likeness (QED) is 0.918. The molecule has 5 heteroatoms. The molecule has 3 nitrogen and oxygen atoms in total. The Hall–Kier alpha value is -1.17. The molecule has 1 heterocycles. The summed E-state index contributed by atoms with van der Waals surface area (Å²) in [5.41, 5.74) is 2.00. The van der Waals surface area contributed by atoms with E-state index in [1.54, 1.807) is 0 Å². The molecule has 0 radical (unpaired) electrons. The average molecular weight is 339 g/mol. The van der Waals surface area contributed by atoms with Crippen molar-refractivity contribution in [3.8, 4) is 0 Å². The highest BCUT2D eigenvalue weighted by Crippen LogP contribution is 2.24. The summed E-state index contributed by atoms with van der Waals surface area (Å²) in [5.74, 6) is -0.0797. The van der Waals surface area contributed by atoms with E-state index in [4.69, 9.17) is 0 Å². The van der Waals surface area contributed by atoms with Gasteiger partial charge in [-0.1, -0.05) is 12.1 Å². The maximum atomic E-state index is 12.1. The van der Waals surface area contributed by atoms with Gasteiger partial charge in [0.25, 0.3) is 5.91 Å². The fourth-order valence-electron chi connectivity index (χ4n) is 1.76. The fraction of sp³-hybridized carbons (Fsp3) is 0.214. The largest absolute Gasteiger partial charge is 0.321 e. The molecule has 0 saturated carbocycles. The summed E-state index contributed by atoms with van der Waals surface area (Å²) in [6.07, 6.45) is 0. The van der Waals surface area contributed by atoms with E-state index in [1.807, 2.05) is 43.7 Å². The SMILES string of the molecule is CN(C)Cc1cccc(NC(=O)c2sccc2Br)c1. The van der Waals surface area contributed by atoms with E-state index in [-0.39, 0.29) is 5.91 Å². The summed E-state index contributed by atoms with van der Waals surface area (Å²) in [7, 11) is 4.04. The van der Waals surface area contributed by atoms with Gasteiger partial charge in [0.05, 0.1) is 0 Å².